The maximum absolute atomic E-state index is 4.75. The normalized spacial score (nSPS) is 12.0. The number of hydrogen-bond donors (Lipinski definition) is 1. The molecule has 1 atom stereocenters. The summed E-state index contributed by atoms with van der Waals surface area (Å²) in [6.07, 6.45) is 5.28. The van der Waals surface area contributed by atoms with Crippen LogP contribution in [0.25, 0.3) is 28.0 Å². The molecule has 0 spiro atoms. The summed E-state index contributed by atoms with van der Waals surface area (Å²) >= 11 is 0. The van der Waals surface area contributed by atoms with E-state index in [4.69, 9.17) is 4.98 Å². The van der Waals surface area contributed by atoms with Crippen molar-refractivity contribution >= 4 is 16.9 Å². The van der Waals surface area contributed by atoms with Crippen LogP contribution >= 0.6 is 0 Å². The molecular formula is C25H21N5. The van der Waals surface area contributed by atoms with E-state index in [0.29, 0.717) is 0 Å². The van der Waals surface area contributed by atoms with E-state index >= 15 is 0 Å². The standard InChI is InChI=1S/C25H21N5/c1-18(19-11-13-21(14-12-19)20-7-3-2-4-8-20)28-24-15-26-16-25(29-24)30-17-27-22-9-5-6-10-23(22)30/h2-18H,1H3,(H,28,29). The number of anilines is 1. The van der Waals surface area contributed by atoms with Gasteiger partial charge in [-0.3, -0.25) is 9.55 Å². The van der Waals surface area contributed by atoms with Crippen LogP contribution in [0.4, 0.5) is 5.82 Å². The zero-order valence-corrected chi connectivity index (χ0v) is 16.6. The lowest BCUT2D eigenvalue weighted by Gasteiger charge is -2.16. The molecule has 146 valence electrons. The van der Waals surface area contributed by atoms with Crippen molar-refractivity contribution in [3.8, 4) is 16.9 Å². The highest BCUT2D eigenvalue weighted by atomic mass is 15.2. The molecule has 0 radical (unpaired) electrons. The zero-order valence-electron chi connectivity index (χ0n) is 16.6. The van der Waals surface area contributed by atoms with Gasteiger partial charge >= 0.3 is 0 Å². The number of hydrogen-bond acceptors (Lipinski definition) is 4. The van der Waals surface area contributed by atoms with Gasteiger partial charge in [0.15, 0.2) is 5.82 Å². The Labute approximate surface area is 175 Å². The van der Waals surface area contributed by atoms with Gasteiger partial charge in [0.25, 0.3) is 0 Å². The highest BCUT2D eigenvalue weighted by Crippen LogP contribution is 2.24. The average Bonchev–Trinajstić information content (AvgIpc) is 3.24. The number of fused-ring (bicyclic) bond motifs is 1. The van der Waals surface area contributed by atoms with Crippen LogP contribution < -0.4 is 5.32 Å². The second-order valence-corrected chi connectivity index (χ2v) is 7.22. The van der Waals surface area contributed by atoms with Crippen molar-refractivity contribution in [3.05, 3.63) is 103 Å². The smallest absolute Gasteiger partial charge is 0.159 e. The number of nitrogens with zero attached hydrogens (tertiary/aromatic N) is 4. The molecule has 0 aliphatic rings. The molecule has 2 heterocycles. The number of imidazole rings is 1. The van der Waals surface area contributed by atoms with E-state index in [0.717, 1.165) is 22.7 Å². The first-order valence-electron chi connectivity index (χ1n) is 9.94. The van der Waals surface area contributed by atoms with E-state index in [-0.39, 0.29) is 6.04 Å². The molecule has 30 heavy (non-hydrogen) atoms. The van der Waals surface area contributed by atoms with Crippen LogP contribution in [0.15, 0.2) is 97.6 Å². The van der Waals surface area contributed by atoms with Crippen LogP contribution in [0.5, 0.6) is 0 Å². The Morgan fingerprint density at radius 3 is 2.37 bits per heavy atom. The van der Waals surface area contributed by atoms with Gasteiger partial charge in [0.2, 0.25) is 0 Å². The van der Waals surface area contributed by atoms with Gasteiger partial charge in [-0.25, -0.2) is 9.97 Å². The summed E-state index contributed by atoms with van der Waals surface area (Å²) in [6.45, 7) is 2.12. The monoisotopic (exact) mass is 391 g/mol. The van der Waals surface area contributed by atoms with Gasteiger partial charge in [-0.05, 0) is 35.7 Å². The fourth-order valence-electron chi connectivity index (χ4n) is 3.58. The highest BCUT2D eigenvalue weighted by Gasteiger charge is 2.10. The Morgan fingerprint density at radius 1 is 0.800 bits per heavy atom. The van der Waals surface area contributed by atoms with Gasteiger partial charge in [0, 0.05) is 6.04 Å². The van der Waals surface area contributed by atoms with Crippen molar-refractivity contribution in [2.24, 2.45) is 0 Å². The molecule has 5 heteroatoms. The molecule has 0 aliphatic carbocycles. The van der Waals surface area contributed by atoms with Crippen molar-refractivity contribution in [1.82, 2.24) is 19.5 Å². The molecule has 0 saturated heterocycles. The van der Waals surface area contributed by atoms with Gasteiger partial charge < -0.3 is 5.32 Å². The first-order valence-corrected chi connectivity index (χ1v) is 9.94. The minimum absolute atomic E-state index is 0.0962. The minimum atomic E-state index is 0.0962. The summed E-state index contributed by atoms with van der Waals surface area (Å²) in [6, 6.07) is 27.1. The second-order valence-electron chi connectivity index (χ2n) is 7.22. The first kappa shape index (κ1) is 18.1. The lowest BCUT2D eigenvalue weighted by Crippen LogP contribution is -2.09. The van der Waals surface area contributed by atoms with Crippen molar-refractivity contribution in [1.29, 1.82) is 0 Å². The largest absolute Gasteiger partial charge is 0.362 e. The van der Waals surface area contributed by atoms with E-state index < -0.39 is 0 Å². The molecule has 0 saturated carbocycles. The lowest BCUT2D eigenvalue weighted by atomic mass is 10.0. The Kier molecular flexibility index (Phi) is 4.69. The van der Waals surface area contributed by atoms with Crippen LogP contribution in [0.2, 0.25) is 0 Å². The molecule has 1 N–H and O–H groups in total. The quantitative estimate of drug-likeness (QED) is 0.420. The van der Waals surface area contributed by atoms with Gasteiger partial charge in [0.05, 0.1) is 23.4 Å². The third-order valence-corrected chi connectivity index (χ3v) is 5.20. The molecule has 0 fully saturated rings. The maximum atomic E-state index is 4.75. The topological polar surface area (TPSA) is 55.6 Å². The van der Waals surface area contributed by atoms with Crippen molar-refractivity contribution in [2.45, 2.75) is 13.0 Å². The van der Waals surface area contributed by atoms with Gasteiger partial charge in [-0.2, -0.15) is 0 Å². The maximum Gasteiger partial charge on any atom is 0.159 e. The Hall–Kier alpha value is -3.99. The van der Waals surface area contributed by atoms with Gasteiger partial charge in [-0.1, -0.05) is 66.7 Å². The Morgan fingerprint density at radius 2 is 1.53 bits per heavy atom. The summed E-state index contributed by atoms with van der Waals surface area (Å²) in [7, 11) is 0. The van der Waals surface area contributed by atoms with Gasteiger partial charge in [-0.15, -0.1) is 0 Å². The summed E-state index contributed by atoms with van der Waals surface area (Å²) in [5.41, 5.74) is 5.56. The van der Waals surface area contributed by atoms with Crippen molar-refractivity contribution in [3.63, 3.8) is 0 Å². The van der Waals surface area contributed by atoms with Crippen molar-refractivity contribution < 1.29 is 0 Å². The van der Waals surface area contributed by atoms with Gasteiger partial charge in [0.1, 0.15) is 12.1 Å². The number of aromatic nitrogens is 4. The lowest BCUT2D eigenvalue weighted by molar-refractivity contribution is 0.865. The van der Waals surface area contributed by atoms with Crippen LogP contribution in [0.1, 0.15) is 18.5 Å². The predicted octanol–water partition coefficient (Wildman–Crippen LogP) is 5.66. The molecule has 2 aromatic heterocycles. The molecule has 1 unspecified atom stereocenters. The third kappa shape index (κ3) is 3.53. The molecular weight excluding hydrogens is 370 g/mol. The predicted molar refractivity (Wildman–Crippen MR) is 121 cm³/mol. The summed E-state index contributed by atoms with van der Waals surface area (Å²) < 4.78 is 1.95. The molecule has 0 aliphatic heterocycles. The van der Waals surface area contributed by atoms with Crippen LogP contribution in [0.3, 0.4) is 0 Å². The summed E-state index contributed by atoms with van der Waals surface area (Å²) in [5.74, 6) is 1.46. The van der Waals surface area contributed by atoms with E-state index in [1.165, 1.54) is 16.7 Å². The fraction of sp³-hybridized carbons (Fsp3) is 0.0800. The summed E-state index contributed by atoms with van der Waals surface area (Å²) in [5, 5.41) is 3.46. The van der Waals surface area contributed by atoms with E-state index in [2.05, 4.69) is 70.7 Å². The highest BCUT2D eigenvalue weighted by molar-refractivity contribution is 5.76. The number of para-hydroxylation sites is 2. The molecule has 5 nitrogen and oxygen atoms in total. The number of benzene rings is 3. The molecule has 5 aromatic rings. The second kappa shape index (κ2) is 7.79. The van der Waals surface area contributed by atoms with Crippen molar-refractivity contribution in [2.75, 3.05) is 5.32 Å². The number of nitrogens with one attached hydrogen (secondary N) is 1. The number of rotatable bonds is 5. The average molecular weight is 391 g/mol. The van der Waals surface area contributed by atoms with E-state index in [1.807, 2.05) is 34.9 Å². The molecule has 5 rings (SSSR count). The molecule has 0 amide bonds. The fourth-order valence-corrected chi connectivity index (χ4v) is 3.58. The summed E-state index contributed by atoms with van der Waals surface area (Å²) in [4.78, 5) is 13.6. The zero-order chi connectivity index (χ0) is 20.3. The van der Waals surface area contributed by atoms with Crippen LogP contribution in [-0.2, 0) is 0 Å². The third-order valence-electron chi connectivity index (χ3n) is 5.20. The van der Waals surface area contributed by atoms with Crippen LogP contribution in [0, 0.1) is 0 Å². The SMILES string of the molecule is CC(Nc1cncc(-n2cnc3ccccc32)n1)c1ccc(-c2ccccc2)cc1. The Balaban J connectivity index is 1.36. The Bertz CT molecular complexity index is 1280. The first-order chi connectivity index (χ1) is 14.8. The molecule has 0 bridgehead atoms. The van der Waals surface area contributed by atoms with Crippen LogP contribution in [-0.4, -0.2) is 19.5 Å². The minimum Gasteiger partial charge on any atom is -0.362 e. The van der Waals surface area contributed by atoms with E-state index in [1.54, 1.807) is 18.7 Å². The molecule has 3 aromatic carbocycles. The van der Waals surface area contributed by atoms with E-state index in [9.17, 15) is 0 Å².